The SMILES string of the molecule is Cc1cccc(OCCc2nnc(CCNC(C)C)o2)c1. The van der Waals surface area contributed by atoms with Crippen molar-refractivity contribution in [2.75, 3.05) is 13.2 Å². The Hall–Kier alpha value is -1.88. The van der Waals surface area contributed by atoms with E-state index >= 15 is 0 Å². The largest absolute Gasteiger partial charge is 0.493 e. The van der Waals surface area contributed by atoms with Crippen LogP contribution in [-0.2, 0) is 12.8 Å². The van der Waals surface area contributed by atoms with Crippen LogP contribution < -0.4 is 10.1 Å². The maximum atomic E-state index is 5.67. The van der Waals surface area contributed by atoms with Crippen molar-refractivity contribution in [2.45, 2.75) is 39.7 Å². The van der Waals surface area contributed by atoms with E-state index in [1.165, 1.54) is 5.56 Å². The molecule has 0 aliphatic carbocycles. The molecule has 5 heteroatoms. The van der Waals surface area contributed by atoms with Crippen molar-refractivity contribution >= 4 is 0 Å². The number of ether oxygens (including phenoxy) is 1. The Balaban J connectivity index is 1.72. The second-order valence-corrected chi connectivity index (χ2v) is 5.36. The van der Waals surface area contributed by atoms with E-state index in [-0.39, 0.29) is 0 Å². The van der Waals surface area contributed by atoms with Gasteiger partial charge in [0, 0.05) is 19.0 Å². The van der Waals surface area contributed by atoms with Gasteiger partial charge in [0.25, 0.3) is 0 Å². The van der Waals surface area contributed by atoms with Crippen molar-refractivity contribution in [1.29, 1.82) is 0 Å². The molecule has 1 heterocycles. The fourth-order valence-electron chi connectivity index (χ4n) is 1.92. The Labute approximate surface area is 125 Å². The smallest absolute Gasteiger partial charge is 0.219 e. The lowest BCUT2D eigenvalue weighted by molar-refractivity contribution is 0.303. The number of benzene rings is 1. The number of hydrogen-bond acceptors (Lipinski definition) is 5. The fraction of sp³-hybridized carbons (Fsp3) is 0.500. The van der Waals surface area contributed by atoms with E-state index in [2.05, 4.69) is 29.4 Å². The van der Waals surface area contributed by atoms with Gasteiger partial charge in [0.1, 0.15) is 5.75 Å². The van der Waals surface area contributed by atoms with Gasteiger partial charge in [-0.25, -0.2) is 0 Å². The molecule has 2 aromatic rings. The highest BCUT2D eigenvalue weighted by Crippen LogP contribution is 2.12. The van der Waals surface area contributed by atoms with Crippen LogP contribution in [0.5, 0.6) is 5.75 Å². The highest BCUT2D eigenvalue weighted by molar-refractivity contribution is 5.27. The molecule has 0 spiro atoms. The molecule has 1 aromatic carbocycles. The minimum atomic E-state index is 0.468. The second-order valence-electron chi connectivity index (χ2n) is 5.36. The van der Waals surface area contributed by atoms with Gasteiger partial charge in [0.15, 0.2) is 0 Å². The van der Waals surface area contributed by atoms with E-state index in [4.69, 9.17) is 9.15 Å². The number of nitrogens with one attached hydrogen (secondary N) is 1. The summed E-state index contributed by atoms with van der Waals surface area (Å²) in [5.74, 6) is 2.17. The molecular formula is C16H23N3O2. The zero-order chi connectivity index (χ0) is 15.1. The first-order valence-corrected chi connectivity index (χ1v) is 7.37. The van der Waals surface area contributed by atoms with E-state index in [0.717, 1.165) is 18.7 Å². The summed E-state index contributed by atoms with van der Waals surface area (Å²) < 4.78 is 11.3. The molecule has 0 saturated carbocycles. The fourth-order valence-corrected chi connectivity index (χ4v) is 1.92. The maximum absolute atomic E-state index is 5.67. The van der Waals surface area contributed by atoms with Crippen LogP contribution in [0, 0.1) is 6.92 Å². The van der Waals surface area contributed by atoms with Crippen LogP contribution in [0.15, 0.2) is 28.7 Å². The first kappa shape index (κ1) is 15.5. The van der Waals surface area contributed by atoms with Crippen LogP contribution in [0.1, 0.15) is 31.2 Å². The molecule has 0 atom stereocenters. The maximum Gasteiger partial charge on any atom is 0.219 e. The Morgan fingerprint density at radius 2 is 1.95 bits per heavy atom. The number of aromatic nitrogens is 2. The summed E-state index contributed by atoms with van der Waals surface area (Å²) in [7, 11) is 0. The van der Waals surface area contributed by atoms with Gasteiger partial charge in [-0.15, -0.1) is 10.2 Å². The molecule has 5 nitrogen and oxygen atoms in total. The summed E-state index contributed by atoms with van der Waals surface area (Å²) in [6.45, 7) is 7.65. The van der Waals surface area contributed by atoms with E-state index in [1.807, 2.05) is 31.2 Å². The molecule has 0 saturated heterocycles. The summed E-state index contributed by atoms with van der Waals surface area (Å²) in [6, 6.07) is 8.45. The normalized spacial score (nSPS) is 11.0. The van der Waals surface area contributed by atoms with Crippen molar-refractivity contribution in [2.24, 2.45) is 0 Å². The van der Waals surface area contributed by atoms with Gasteiger partial charge < -0.3 is 14.5 Å². The van der Waals surface area contributed by atoms with Gasteiger partial charge in [-0.3, -0.25) is 0 Å². The molecule has 1 N–H and O–H groups in total. The molecule has 0 aliphatic heterocycles. The average Bonchev–Trinajstić information content (AvgIpc) is 2.86. The Morgan fingerprint density at radius 3 is 2.67 bits per heavy atom. The minimum Gasteiger partial charge on any atom is -0.493 e. The third kappa shape index (κ3) is 5.55. The zero-order valence-electron chi connectivity index (χ0n) is 12.9. The zero-order valence-corrected chi connectivity index (χ0v) is 12.9. The standard InChI is InChI=1S/C16H23N3O2/c1-12(2)17-9-7-15-18-19-16(21-15)8-10-20-14-6-4-5-13(3)11-14/h4-6,11-12,17H,7-10H2,1-3H3. The lowest BCUT2D eigenvalue weighted by atomic mass is 10.2. The molecule has 0 aliphatic rings. The highest BCUT2D eigenvalue weighted by Gasteiger charge is 2.06. The topological polar surface area (TPSA) is 60.2 Å². The Kier molecular flexibility index (Phi) is 5.75. The quantitative estimate of drug-likeness (QED) is 0.809. The van der Waals surface area contributed by atoms with Crippen molar-refractivity contribution in [3.05, 3.63) is 41.6 Å². The monoisotopic (exact) mass is 289 g/mol. The van der Waals surface area contributed by atoms with Crippen LogP contribution in [0.2, 0.25) is 0 Å². The van der Waals surface area contributed by atoms with Crippen LogP contribution in [0.4, 0.5) is 0 Å². The molecule has 1 aromatic heterocycles. The van der Waals surface area contributed by atoms with E-state index < -0.39 is 0 Å². The van der Waals surface area contributed by atoms with E-state index in [9.17, 15) is 0 Å². The second kappa shape index (κ2) is 7.78. The summed E-state index contributed by atoms with van der Waals surface area (Å²) in [4.78, 5) is 0. The highest BCUT2D eigenvalue weighted by atomic mass is 16.5. The third-order valence-corrected chi connectivity index (χ3v) is 2.97. The minimum absolute atomic E-state index is 0.468. The molecule has 0 fully saturated rings. The van der Waals surface area contributed by atoms with Crippen molar-refractivity contribution in [1.82, 2.24) is 15.5 Å². The Morgan fingerprint density at radius 1 is 1.19 bits per heavy atom. The van der Waals surface area contributed by atoms with Gasteiger partial charge >= 0.3 is 0 Å². The molecule has 0 bridgehead atoms. The van der Waals surface area contributed by atoms with E-state index in [0.29, 0.717) is 30.9 Å². The molecule has 0 amide bonds. The summed E-state index contributed by atoms with van der Waals surface area (Å²) >= 11 is 0. The van der Waals surface area contributed by atoms with Crippen LogP contribution in [0.3, 0.4) is 0 Å². The van der Waals surface area contributed by atoms with Crippen molar-refractivity contribution < 1.29 is 9.15 Å². The van der Waals surface area contributed by atoms with Gasteiger partial charge in [-0.1, -0.05) is 26.0 Å². The molecule has 114 valence electrons. The van der Waals surface area contributed by atoms with Gasteiger partial charge in [0.05, 0.1) is 13.0 Å². The lowest BCUT2D eigenvalue weighted by Crippen LogP contribution is -2.25. The summed E-state index contributed by atoms with van der Waals surface area (Å²) in [6.07, 6.45) is 1.38. The predicted molar refractivity (Wildman–Crippen MR) is 81.5 cm³/mol. The first-order chi connectivity index (χ1) is 10.1. The molecule has 0 radical (unpaired) electrons. The van der Waals surface area contributed by atoms with Gasteiger partial charge in [0.2, 0.25) is 11.8 Å². The molecular weight excluding hydrogens is 266 g/mol. The Bertz CT molecular complexity index is 552. The van der Waals surface area contributed by atoms with Crippen molar-refractivity contribution in [3.8, 4) is 5.75 Å². The number of aryl methyl sites for hydroxylation is 1. The van der Waals surface area contributed by atoms with Crippen LogP contribution in [0.25, 0.3) is 0 Å². The van der Waals surface area contributed by atoms with Crippen molar-refractivity contribution in [3.63, 3.8) is 0 Å². The van der Waals surface area contributed by atoms with Crippen LogP contribution >= 0.6 is 0 Å². The van der Waals surface area contributed by atoms with E-state index in [1.54, 1.807) is 0 Å². The summed E-state index contributed by atoms with van der Waals surface area (Å²) in [5.41, 5.74) is 1.19. The molecule has 0 unspecified atom stereocenters. The number of rotatable bonds is 8. The predicted octanol–water partition coefficient (Wildman–Crippen LogP) is 2.54. The number of nitrogens with zero attached hydrogens (tertiary/aromatic N) is 2. The third-order valence-electron chi connectivity index (χ3n) is 2.97. The molecule has 2 rings (SSSR count). The van der Waals surface area contributed by atoms with Gasteiger partial charge in [-0.05, 0) is 24.6 Å². The van der Waals surface area contributed by atoms with Crippen LogP contribution in [-0.4, -0.2) is 29.4 Å². The average molecular weight is 289 g/mol. The number of hydrogen-bond donors (Lipinski definition) is 1. The van der Waals surface area contributed by atoms with Gasteiger partial charge in [-0.2, -0.15) is 0 Å². The first-order valence-electron chi connectivity index (χ1n) is 7.37. The summed E-state index contributed by atoms with van der Waals surface area (Å²) in [5, 5.41) is 11.4. The lowest BCUT2D eigenvalue weighted by Gasteiger charge is -2.05. The molecule has 21 heavy (non-hydrogen) atoms.